The standard InChI is InChI=1S/CH3BOP.CH2Cl2/c1-2-4-3;2-1-3/h1H3;1H2. The van der Waals surface area contributed by atoms with Crippen LogP contribution >= 0.6 is 31.5 Å². The van der Waals surface area contributed by atoms with Crippen molar-refractivity contribution in [2.45, 2.75) is 6.82 Å². The molecule has 0 aliphatic heterocycles. The smallest absolute Gasteiger partial charge is 0.237 e. The van der Waals surface area contributed by atoms with Crippen molar-refractivity contribution >= 4 is 38.5 Å². The highest BCUT2D eigenvalue weighted by atomic mass is 35.5. The molecule has 0 spiro atoms. The number of rotatable bonds is 1. The van der Waals surface area contributed by atoms with Crippen molar-refractivity contribution in [1.29, 1.82) is 0 Å². The van der Waals surface area contributed by atoms with Gasteiger partial charge in [0.05, 0.1) is 13.7 Å². The lowest BCUT2D eigenvalue weighted by atomic mass is 10.2. The average Bonchev–Trinajstić information content (AvgIpc) is 1.69. The molecule has 0 aromatic heterocycles. The molecule has 0 heterocycles. The van der Waals surface area contributed by atoms with Crippen LogP contribution in [0.4, 0.5) is 0 Å². The highest BCUT2D eigenvalue weighted by molar-refractivity contribution is 7.60. The Balaban J connectivity index is 0. The van der Waals surface area contributed by atoms with Crippen LogP contribution in [0.5, 0.6) is 0 Å². The summed E-state index contributed by atoms with van der Waals surface area (Å²) < 4.78 is 9.22. The van der Waals surface area contributed by atoms with Crippen LogP contribution in [0.1, 0.15) is 0 Å². The van der Waals surface area contributed by atoms with Gasteiger partial charge < -0.3 is 0 Å². The van der Waals surface area contributed by atoms with Gasteiger partial charge in [0.25, 0.3) is 0 Å². The first-order valence-electron chi connectivity index (χ1n) is 1.55. The predicted molar refractivity (Wildman–Crippen MR) is 35.8 cm³/mol. The van der Waals surface area contributed by atoms with Crippen LogP contribution in [0.2, 0.25) is 6.82 Å². The highest BCUT2D eigenvalue weighted by Gasteiger charge is 1.62. The van der Waals surface area contributed by atoms with Crippen LogP contribution in [0, 0.1) is 0 Å². The average molecular weight is 158 g/mol. The van der Waals surface area contributed by atoms with Crippen LogP contribution in [-0.4, -0.2) is 12.3 Å². The van der Waals surface area contributed by atoms with Gasteiger partial charge >= 0.3 is 0 Å². The first kappa shape index (κ1) is 10.7. The number of alkyl halides is 2. The molecular formula is C2H5BCl2OP. The van der Waals surface area contributed by atoms with E-state index in [0.29, 0.717) is 0 Å². The monoisotopic (exact) mass is 157 g/mol. The van der Waals surface area contributed by atoms with Crippen molar-refractivity contribution in [3.8, 4) is 0 Å². The zero-order valence-corrected chi connectivity index (χ0v) is 6.30. The van der Waals surface area contributed by atoms with E-state index in [1.54, 1.807) is 13.8 Å². The van der Waals surface area contributed by atoms with Gasteiger partial charge in [-0.25, -0.2) is 0 Å². The lowest BCUT2D eigenvalue weighted by Crippen LogP contribution is -1.48. The van der Waals surface area contributed by atoms with Crippen molar-refractivity contribution in [1.82, 2.24) is 0 Å². The minimum Gasteiger partial charge on any atom is -0.289 e. The van der Waals surface area contributed by atoms with Gasteiger partial charge in [-0.05, 0) is 0 Å². The summed E-state index contributed by atoms with van der Waals surface area (Å²) in [6.07, 6.45) is 0. The molecule has 0 rings (SSSR count). The molecule has 0 aromatic rings. The topological polar surface area (TPSA) is 17.1 Å². The number of hydrogen-bond acceptors (Lipinski definition) is 1. The molecule has 0 aromatic carbocycles. The SMILES string of the molecule is C[B]P=O.ClCCl. The Morgan fingerprint density at radius 3 is 1.86 bits per heavy atom. The zero-order valence-electron chi connectivity index (χ0n) is 3.90. The molecule has 1 radical (unpaired) electrons. The van der Waals surface area contributed by atoms with Crippen LogP contribution in [0.15, 0.2) is 0 Å². The third-order valence-electron chi connectivity index (χ3n) is 0.105. The second-order valence-electron chi connectivity index (χ2n) is 0.465. The van der Waals surface area contributed by atoms with Crippen LogP contribution in [-0.2, 0) is 4.57 Å². The zero-order chi connectivity index (χ0) is 6.12. The Morgan fingerprint density at radius 1 is 1.71 bits per heavy atom. The maximum Gasteiger partial charge on any atom is 0.237 e. The molecule has 0 amide bonds. The summed E-state index contributed by atoms with van der Waals surface area (Å²) in [5.41, 5.74) is 0. The van der Waals surface area contributed by atoms with E-state index in [9.17, 15) is 4.57 Å². The van der Waals surface area contributed by atoms with Crippen molar-refractivity contribution in [3.63, 3.8) is 0 Å². The molecule has 0 saturated carbocycles. The number of hydrogen-bond donors (Lipinski definition) is 0. The van der Waals surface area contributed by atoms with Crippen LogP contribution in [0.3, 0.4) is 0 Å². The van der Waals surface area contributed by atoms with Gasteiger partial charge in [-0.2, -0.15) is 0 Å². The van der Waals surface area contributed by atoms with E-state index in [0.717, 1.165) is 0 Å². The summed E-state index contributed by atoms with van der Waals surface area (Å²) in [6, 6.07) is 0. The fourth-order valence-electron chi connectivity index (χ4n) is 0. The molecule has 1 nitrogen and oxygen atoms in total. The Kier molecular flexibility index (Phi) is 24.2. The van der Waals surface area contributed by atoms with Gasteiger partial charge in [-0.3, -0.25) is 4.57 Å². The van der Waals surface area contributed by atoms with Gasteiger partial charge in [0, 0.05) is 0 Å². The molecule has 0 fully saturated rings. The van der Waals surface area contributed by atoms with Gasteiger partial charge in [-0.1, -0.05) is 6.82 Å². The first-order chi connectivity index (χ1) is 3.33. The molecule has 41 valence electrons. The molecular weight excluding hydrogens is 153 g/mol. The van der Waals surface area contributed by atoms with Crippen molar-refractivity contribution in [3.05, 3.63) is 0 Å². The highest BCUT2D eigenvalue weighted by Crippen LogP contribution is 1.78. The minimum atomic E-state index is 0.123. The van der Waals surface area contributed by atoms with Crippen molar-refractivity contribution < 1.29 is 4.57 Å². The third-order valence-corrected chi connectivity index (χ3v) is 0.316. The largest absolute Gasteiger partial charge is 0.289 e. The van der Waals surface area contributed by atoms with Crippen LogP contribution in [0.25, 0.3) is 0 Å². The van der Waals surface area contributed by atoms with Crippen molar-refractivity contribution in [2.24, 2.45) is 0 Å². The Bertz CT molecular complexity index is 36.9. The Hall–Kier alpha value is 0.745. The molecule has 0 unspecified atom stereocenters. The molecule has 0 aliphatic rings. The molecule has 0 aliphatic carbocycles. The van der Waals surface area contributed by atoms with E-state index in [-0.39, 0.29) is 13.7 Å². The molecule has 7 heavy (non-hydrogen) atoms. The van der Waals surface area contributed by atoms with Gasteiger partial charge in [0.2, 0.25) is 7.00 Å². The summed E-state index contributed by atoms with van der Waals surface area (Å²) in [6.45, 7) is 3.27. The van der Waals surface area contributed by atoms with E-state index < -0.39 is 0 Å². The van der Waals surface area contributed by atoms with E-state index in [1.807, 2.05) is 0 Å². The Morgan fingerprint density at radius 2 is 1.86 bits per heavy atom. The quantitative estimate of drug-likeness (QED) is 0.325. The molecule has 5 heteroatoms. The summed E-state index contributed by atoms with van der Waals surface area (Å²) in [7, 11) is 0.123. The lowest BCUT2D eigenvalue weighted by molar-refractivity contribution is 0.605. The second-order valence-corrected chi connectivity index (χ2v) is 2.00. The van der Waals surface area contributed by atoms with E-state index in [4.69, 9.17) is 23.2 Å². The van der Waals surface area contributed by atoms with Gasteiger partial charge in [0.15, 0.2) is 0 Å². The maximum absolute atomic E-state index is 9.22. The summed E-state index contributed by atoms with van der Waals surface area (Å²) in [5.74, 6) is 0. The predicted octanol–water partition coefficient (Wildman–Crippen LogP) is 2.37. The van der Waals surface area contributed by atoms with E-state index in [1.165, 1.54) is 0 Å². The first-order valence-corrected chi connectivity index (χ1v) is 3.50. The maximum atomic E-state index is 9.22. The molecule has 0 bridgehead atoms. The molecule has 0 saturated heterocycles. The summed E-state index contributed by atoms with van der Waals surface area (Å²) >= 11 is 9.53. The van der Waals surface area contributed by atoms with E-state index >= 15 is 0 Å². The minimum absolute atomic E-state index is 0.123. The fourth-order valence-corrected chi connectivity index (χ4v) is 0. The van der Waals surface area contributed by atoms with Crippen LogP contribution < -0.4 is 0 Å². The summed E-state index contributed by atoms with van der Waals surface area (Å²) in [5, 5.41) is 0.194. The Labute approximate surface area is 55.8 Å². The third kappa shape index (κ3) is 49.9. The molecule has 0 atom stereocenters. The lowest BCUT2D eigenvalue weighted by Gasteiger charge is -1.43. The normalized spacial score (nSPS) is 6.71. The summed E-state index contributed by atoms with van der Waals surface area (Å²) in [4.78, 5) is 0. The van der Waals surface area contributed by atoms with Crippen molar-refractivity contribution in [2.75, 3.05) is 5.34 Å². The fraction of sp³-hybridized carbons (Fsp3) is 1.00. The number of halogens is 2. The van der Waals surface area contributed by atoms with E-state index in [2.05, 4.69) is 0 Å². The second kappa shape index (κ2) is 15.9. The molecule has 0 N–H and O–H groups in total. The van der Waals surface area contributed by atoms with Gasteiger partial charge in [-0.15, -0.1) is 23.2 Å². The van der Waals surface area contributed by atoms with Gasteiger partial charge in [0.1, 0.15) is 0 Å².